The number of furan rings is 2. The second kappa shape index (κ2) is 7.88. The van der Waals surface area contributed by atoms with Crippen molar-refractivity contribution >= 4 is 15.9 Å². The number of sulfonamides is 1. The number of aromatic nitrogens is 2. The molecule has 4 rings (SSSR count). The molecule has 10 heteroatoms. The molecule has 0 unspecified atom stereocenters. The molecular formula is C19H22N4O5S. The van der Waals surface area contributed by atoms with E-state index in [2.05, 4.69) is 15.5 Å². The molecule has 0 atom stereocenters. The average Bonchev–Trinajstić information content (AvgIpc) is 3.47. The van der Waals surface area contributed by atoms with E-state index in [4.69, 9.17) is 8.83 Å². The van der Waals surface area contributed by atoms with Gasteiger partial charge in [0.1, 0.15) is 17.2 Å². The normalized spacial score (nSPS) is 16.2. The van der Waals surface area contributed by atoms with E-state index in [9.17, 15) is 13.2 Å². The van der Waals surface area contributed by atoms with Crippen LogP contribution in [0.25, 0.3) is 11.5 Å². The average molecular weight is 418 g/mol. The number of hydrogen-bond donors (Lipinski definition) is 2. The number of aromatic amines is 1. The Kier molecular flexibility index (Phi) is 5.29. The summed E-state index contributed by atoms with van der Waals surface area (Å²) in [5.41, 5.74) is 0.605. The van der Waals surface area contributed by atoms with Crippen molar-refractivity contribution in [3.8, 4) is 11.5 Å². The molecule has 9 nitrogen and oxygen atoms in total. The fourth-order valence-electron chi connectivity index (χ4n) is 3.38. The van der Waals surface area contributed by atoms with Crippen LogP contribution in [0.4, 0.5) is 0 Å². The van der Waals surface area contributed by atoms with Gasteiger partial charge >= 0.3 is 0 Å². The van der Waals surface area contributed by atoms with Crippen LogP contribution in [0.15, 0.2) is 50.5 Å². The van der Waals surface area contributed by atoms with Crippen LogP contribution in [0.3, 0.4) is 0 Å². The van der Waals surface area contributed by atoms with Gasteiger partial charge < -0.3 is 14.2 Å². The van der Waals surface area contributed by atoms with Gasteiger partial charge in [0.15, 0.2) is 5.76 Å². The molecule has 1 amide bonds. The highest BCUT2D eigenvalue weighted by molar-refractivity contribution is 7.89. The third kappa shape index (κ3) is 4.13. The summed E-state index contributed by atoms with van der Waals surface area (Å²) < 4.78 is 38.0. The van der Waals surface area contributed by atoms with Crippen LogP contribution >= 0.6 is 0 Å². The van der Waals surface area contributed by atoms with Gasteiger partial charge in [0.2, 0.25) is 11.0 Å². The smallest absolute Gasteiger partial charge is 0.276 e. The molecule has 0 saturated carbocycles. The number of hydrogen-bond acceptors (Lipinski definition) is 6. The predicted molar refractivity (Wildman–Crippen MR) is 103 cm³/mol. The van der Waals surface area contributed by atoms with Gasteiger partial charge in [-0.25, -0.2) is 8.42 Å². The van der Waals surface area contributed by atoms with Crippen LogP contribution < -0.4 is 5.32 Å². The van der Waals surface area contributed by atoms with Gasteiger partial charge in [0.05, 0.1) is 6.54 Å². The highest BCUT2D eigenvalue weighted by Gasteiger charge is 2.34. The van der Waals surface area contributed by atoms with Gasteiger partial charge in [-0.1, -0.05) is 0 Å². The van der Waals surface area contributed by atoms with Gasteiger partial charge in [-0.05, 0) is 50.1 Å². The molecule has 0 bridgehead atoms. The number of carbonyl (C=O) groups is 1. The molecule has 0 aromatic carbocycles. The topological polar surface area (TPSA) is 121 Å². The van der Waals surface area contributed by atoms with Crippen molar-refractivity contribution < 1.29 is 22.0 Å². The van der Waals surface area contributed by atoms with E-state index < -0.39 is 10.0 Å². The van der Waals surface area contributed by atoms with E-state index in [0.717, 1.165) is 5.76 Å². The third-order valence-corrected chi connectivity index (χ3v) is 6.77. The SMILES string of the molecule is Cc1ccc(CNC(=O)C2CCN(S(=O)(=O)c3ccc(-c4ccn[nH]4)o3)CC2)o1. The first kappa shape index (κ1) is 19.5. The van der Waals surface area contributed by atoms with Gasteiger partial charge in [-0.2, -0.15) is 9.40 Å². The number of H-pyrrole nitrogens is 1. The molecule has 1 saturated heterocycles. The minimum Gasteiger partial charge on any atom is -0.465 e. The molecular weight excluding hydrogens is 396 g/mol. The molecule has 0 spiro atoms. The Hall–Kier alpha value is -2.85. The molecule has 3 aromatic rings. The number of carbonyl (C=O) groups excluding carboxylic acids is 1. The Labute approximate surface area is 168 Å². The van der Waals surface area contributed by atoms with Crippen molar-refractivity contribution in [3.63, 3.8) is 0 Å². The Morgan fingerprint density at radius 3 is 2.66 bits per heavy atom. The third-order valence-electron chi connectivity index (χ3n) is 5.00. The lowest BCUT2D eigenvalue weighted by Crippen LogP contribution is -2.42. The predicted octanol–water partition coefficient (Wildman–Crippen LogP) is 2.29. The second-order valence-corrected chi connectivity index (χ2v) is 8.87. The van der Waals surface area contributed by atoms with Crippen LogP contribution in [0, 0.1) is 12.8 Å². The lowest BCUT2D eigenvalue weighted by Gasteiger charge is -2.29. The first-order valence-electron chi connectivity index (χ1n) is 9.36. The monoisotopic (exact) mass is 418 g/mol. The summed E-state index contributed by atoms with van der Waals surface area (Å²) in [6.07, 6.45) is 2.47. The summed E-state index contributed by atoms with van der Waals surface area (Å²) in [6, 6.07) is 8.40. The van der Waals surface area contributed by atoms with Crippen LogP contribution in [-0.2, 0) is 21.4 Å². The van der Waals surface area contributed by atoms with Crippen LogP contribution in [0.1, 0.15) is 24.4 Å². The maximum absolute atomic E-state index is 12.9. The summed E-state index contributed by atoms with van der Waals surface area (Å²) in [6.45, 7) is 2.70. The minimum absolute atomic E-state index is 0.0874. The van der Waals surface area contributed by atoms with E-state index in [1.807, 2.05) is 19.1 Å². The number of rotatable bonds is 6. The number of piperidine rings is 1. The fourth-order valence-corrected chi connectivity index (χ4v) is 4.76. The first-order valence-corrected chi connectivity index (χ1v) is 10.8. The highest BCUT2D eigenvalue weighted by atomic mass is 32.2. The largest absolute Gasteiger partial charge is 0.465 e. The van der Waals surface area contributed by atoms with Crippen molar-refractivity contribution in [2.24, 2.45) is 5.92 Å². The molecule has 3 aromatic heterocycles. The van der Waals surface area contributed by atoms with Gasteiger partial charge in [0.25, 0.3) is 10.0 Å². The van der Waals surface area contributed by atoms with Gasteiger partial charge in [-0.15, -0.1) is 0 Å². The molecule has 2 N–H and O–H groups in total. The summed E-state index contributed by atoms with van der Waals surface area (Å²) in [5, 5.41) is 9.31. The first-order chi connectivity index (χ1) is 13.9. The number of nitrogens with one attached hydrogen (secondary N) is 2. The van der Waals surface area contributed by atoms with E-state index in [1.165, 1.54) is 10.4 Å². The Bertz CT molecular complexity index is 1080. The molecule has 1 aliphatic rings. The fraction of sp³-hybridized carbons (Fsp3) is 0.368. The number of aryl methyl sites for hydroxylation is 1. The molecule has 0 aliphatic carbocycles. The maximum atomic E-state index is 12.9. The molecule has 1 fully saturated rings. The Morgan fingerprint density at radius 1 is 1.21 bits per heavy atom. The zero-order chi connectivity index (χ0) is 20.4. The van der Waals surface area contributed by atoms with Crippen molar-refractivity contribution in [3.05, 3.63) is 48.0 Å². The summed E-state index contributed by atoms with van der Waals surface area (Å²) >= 11 is 0. The lowest BCUT2D eigenvalue weighted by atomic mass is 9.97. The highest BCUT2D eigenvalue weighted by Crippen LogP contribution is 2.28. The van der Waals surface area contributed by atoms with E-state index >= 15 is 0 Å². The van der Waals surface area contributed by atoms with Crippen molar-refractivity contribution in [2.75, 3.05) is 13.1 Å². The molecule has 4 heterocycles. The number of amides is 1. The summed E-state index contributed by atoms with van der Waals surface area (Å²) in [7, 11) is -3.75. The van der Waals surface area contributed by atoms with E-state index in [1.54, 1.807) is 18.3 Å². The van der Waals surface area contributed by atoms with Crippen LogP contribution in [0.2, 0.25) is 0 Å². The minimum atomic E-state index is -3.75. The summed E-state index contributed by atoms with van der Waals surface area (Å²) in [5.74, 6) is 1.58. The van der Waals surface area contributed by atoms with Crippen molar-refractivity contribution in [2.45, 2.75) is 31.4 Å². The van der Waals surface area contributed by atoms with Crippen molar-refractivity contribution in [1.82, 2.24) is 19.8 Å². The summed E-state index contributed by atoms with van der Waals surface area (Å²) in [4.78, 5) is 12.4. The molecule has 1 aliphatic heterocycles. The van der Waals surface area contributed by atoms with E-state index in [-0.39, 0.29) is 30.0 Å². The Morgan fingerprint density at radius 2 is 2.00 bits per heavy atom. The zero-order valence-electron chi connectivity index (χ0n) is 15.9. The standard InChI is InChI=1S/C19H22N4O5S/c1-13-2-3-15(27-13)12-20-19(24)14-7-10-23(11-8-14)29(25,26)18-5-4-17(28-18)16-6-9-21-22-16/h2-6,9,14H,7-8,10-12H2,1H3,(H,20,24)(H,21,22). The second-order valence-electron chi connectivity index (χ2n) is 7.00. The molecule has 154 valence electrons. The molecule has 0 radical (unpaired) electrons. The van der Waals surface area contributed by atoms with Crippen LogP contribution in [-0.4, -0.2) is 41.9 Å². The van der Waals surface area contributed by atoms with Gasteiger partial charge in [0, 0.05) is 25.2 Å². The van der Waals surface area contributed by atoms with Crippen molar-refractivity contribution in [1.29, 1.82) is 0 Å². The van der Waals surface area contributed by atoms with Gasteiger partial charge in [-0.3, -0.25) is 9.89 Å². The van der Waals surface area contributed by atoms with Crippen LogP contribution in [0.5, 0.6) is 0 Å². The quantitative estimate of drug-likeness (QED) is 0.633. The lowest BCUT2D eigenvalue weighted by molar-refractivity contribution is -0.126. The maximum Gasteiger partial charge on any atom is 0.276 e. The number of nitrogens with zero attached hydrogens (tertiary/aromatic N) is 2. The van der Waals surface area contributed by atoms with E-state index in [0.29, 0.717) is 36.6 Å². The molecule has 29 heavy (non-hydrogen) atoms. The Balaban J connectivity index is 1.34. The zero-order valence-corrected chi connectivity index (χ0v) is 16.7.